The Balaban J connectivity index is 3.11. The van der Waals surface area contributed by atoms with Gasteiger partial charge in [0.05, 0.1) is 6.42 Å². The molecule has 0 aromatic carbocycles. The molecule has 148 valence electrons. The number of hydrogen-bond donors (Lipinski definition) is 2. The number of carboxylic acids is 1. The molecule has 0 radical (unpaired) electrons. The number of unbranched alkanes of at least 4 members (excludes halogenated alkanes) is 14. The minimum atomic E-state index is -0.868. The van der Waals surface area contributed by atoms with Gasteiger partial charge in [0.25, 0.3) is 0 Å². The van der Waals surface area contributed by atoms with Gasteiger partial charge < -0.3 is 10.4 Å². The summed E-state index contributed by atoms with van der Waals surface area (Å²) >= 11 is 0. The average molecular weight is 356 g/mol. The SMILES string of the molecule is CCCCCCCCCCCCCCCCCC(=O)NCCC(=O)O. The lowest BCUT2D eigenvalue weighted by molar-refractivity contribution is -0.136. The van der Waals surface area contributed by atoms with Crippen molar-refractivity contribution in [3.8, 4) is 0 Å². The Labute approximate surface area is 155 Å². The third-order valence-corrected chi connectivity index (χ3v) is 4.67. The van der Waals surface area contributed by atoms with Crippen molar-refractivity contribution < 1.29 is 14.7 Å². The molecule has 0 bridgehead atoms. The van der Waals surface area contributed by atoms with Gasteiger partial charge in [0.2, 0.25) is 5.91 Å². The first kappa shape index (κ1) is 23.9. The number of aliphatic carboxylic acids is 1. The molecule has 25 heavy (non-hydrogen) atoms. The zero-order valence-electron chi connectivity index (χ0n) is 16.5. The number of carbonyl (C=O) groups excluding carboxylic acids is 1. The second-order valence-corrected chi connectivity index (χ2v) is 7.19. The van der Waals surface area contributed by atoms with E-state index in [1.807, 2.05) is 0 Å². The van der Waals surface area contributed by atoms with Crippen LogP contribution in [0.2, 0.25) is 0 Å². The molecular formula is C21H41NO3. The molecule has 0 aromatic rings. The predicted octanol–water partition coefficient (Wildman–Crippen LogP) is 5.84. The molecular weight excluding hydrogens is 314 g/mol. The van der Waals surface area contributed by atoms with Crippen LogP contribution in [0.25, 0.3) is 0 Å². The van der Waals surface area contributed by atoms with Crippen molar-refractivity contribution in [3.05, 3.63) is 0 Å². The third-order valence-electron chi connectivity index (χ3n) is 4.67. The molecule has 0 aliphatic rings. The largest absolute Gasteiger partial charge is 0.481 e. The summed E-state index contributed by atoms with van der Waals surface area (Å²) in [5.41, 5.74) is 0. The number of hydrogen-bond acceptors (Lipinski definition) is 2. The summed E-state index contributed by atoms with van der Waals surface area (Å²) in [6.45, 7) is 2.51. The van der Waals surface area contributed by atoms with Crippen molar-refractivity contribution in [1.82, 2.24) is 5.32 Å². The number of carbonyl (C=O) groups is 2. The van der Waals surface area contributed by atoms with Gasteiger partial charge in [0.1, 0.15) is 0 Å². The Morgan fingerprint density at radius 1 is 0.640 bits per heavy atom. The molecule has 2 N–H and O–H groups in total. The fraction of sp³-hybridized carbons (Fsp3) is 0.905. The minimum absolute atomic E-state index is 0.00456. The molecule has 0 rings (SSSR count). The summed E-state index contributed by atoms with van der Waals surface area (Å²) in [4.78, 5) is 21.8. The van der Waals surface area contributed by atoms with E-state index >= 15 is 0 Å². The predicted molar refractivity (Wildman–Crippen MR) is 105 cm³/mol. The van der Waals surface area contributed by atoms with Crippen molar-refractivity contribution >= 4 is 11.9 Å². The molecule has 0 fully saturated rings. The van der Waals surface area contributed by atoms with Gasteiger partial charge in [0.15, 0.2) is 0 Å². The summed E-state index contributed by atoms with van der Waals surface area (Å²) in [7, 11) is 0. The second-order valence-electron chi connectivity index (χ2n) is 7.19. The van der Waals surface area contributed by atoms with Crippen molar-refractivity contribution in [1.29, 1.82) is 0 Å². The summed E-state index contributed by atoms with van der Waals surface area (Å²) in [6, 6.07) is 0. The number of carboxylic acid groups (broad SMARTS) is 1. The van der Waals surface area contributed by atoms with E-state index in [4.69, 9.17) is 5.11 Å². The maximum Gasteiger partial charge on any atom is 0.305 e. The standard InChI is InChI=1S/C21H41NO3/c1-2-3-4-5-6-7-8-9-10-11-12-13-14-15-16-17-20(23)22-19-18-21(24)25/h2-19H2,1H3,(H,22,23)(H,24,25). The Hall–Kier alpha value is -1.06. The molecule has 4 heteroatoms. The van der Waals surface area contributed by atoms with Crippen LogP contribution in [0, 0.1) is 0 Å². The lowest BCUT2D eigenvalue weighted by Gasteiger charge is -2.04. The maximum atomic E-state index is 11.5. The number of rotatable bonds is 19. The van der Waals surface area contributed by atoms with Crippen LogP contribution in [0.15, 0.2) is 0 Å². The zero-order chi connectivity index (χ0) is 18.6. The first-order valence-electron chi connectivity index (χ1n) is 10.6. The monoisotopic (exact) mass is 355 g/mol. The van der Waals surface area contributed by atoms with E-state index in [2.05, 4.69) is 12.2 Å². The lowest BCUT2D eigenvalue weighted by atomic mass is 10.0. The van der Waals surface area contributed by atoms with E-state index in [0.29, 0.717) is 6.42 Å². The molecule has 0 spiro atoms. The van der Waals surface area contributed by atoms with Gasteiger partial charge >= 0.3 is 5.97 Å². The van der Waals surface area contributed by atoms with Gasteiger partial charge in [-0.1, -0.05) is 96.8 Å². The lowest BCUT2D eigenvalue weighted by Crippen LogP contribution is -2.25. The van der Waals surface area contributed by atoms with Crippen LogP contribution in [0.1, 0.15) is 116 Å². The first-order valence-corrected chi connectivity index (χ1v) is 10.6. The third kappa shape index (κ3) is 20.9. The first-order chi connectivity index (χ1) is 12.2. The van der Waals surface area contributed by atoms with Gasteiger partial charge in [-0.05, 0) is 6.42 Å². The molecule has 0 aromatic heterocycles. The summed E-state index contributed by atoms with van der Waals surface area (Å²) in [5.74, 6) is -0.886. The Bertz CT molecular complexity index is 318. The van der Waals surface area contributed by atoms with Crippen LogP contribution in [0.3, 0.4) is 0 Å². The van der Waals surface area contributed by atoms with Crippen molar-refractivity contribution in [3.63, 3.8) is 0 Å². The maximum absolute atomic E-state index is 11.5. The molecule has 0 aliphatic carbocycles. The average Bonchev–Trinajstić information content (AvgIpc) is 2.58. The van der Waals surface area contributed by atoms with Crippen LogP contribution in [0.4, 0.5) is 0 Å². The highest BCUT2D eigenvalue weighted by Gasteiger charge is 2.02. The smallest absolute Gasteiger partial charge is 0.305 e. The van der Waals surface area contributed by atoms with Gasteiger partial charge in [-0.3, -0.25) is 9.59 Å². The molecule has 0 aliphatic heterocycles. The number of nitrogens with one attached hydrogen (secondary N) is 1. The van der Waals surface area contributed by atoms with Crippen LogP contribution in [-0.2, 0) is 9.59 Å². The fourth-order valence-corrected chi connectivity index (χ4v) is 3.05. The van der Waals surface area contributed by atoms with Gasteiger partial charge in [-0.25, -0.2) is 0 Å². The van der Waals surface area contributed by atoms with E-state index in [-0.39, 0.29) is 18.9 Å². The van der Waals surface area contributed by atoms with E-state index in [1.165, 1.54) is 83.5 Å². The van der Waals surface area contributed by atoms with Gasteiger partial charge in [-0.2, -0.15) is 0 Å². The topological polar surface area (TPSA) is 66.4 Å². The van der Waals surface area contributed by atoms with E-state index < -0.39 is 5.97 Å². The highest BCUT2D eigenvalue weighted by Crippen LogP contribution is 2.13. The van der Waals surface area contributed by atoms with Crippen LogP contribution in [-0.4, -0.2) is 23.5 Å². The molecule has 0 heterocycles. The highest BCUT2D eigenvalue weighted by atomic mass is 16.4. The quantitative estimate of drug-likeness (QED) is 0.286. The minimum Gasteiger partial charge on any atom is -0.481 e. The molecule has 0 unspecified atom stereocenters. The van der Waals surface area contributed by atoms with E-state index in [9.17, 15) is 9.59 Å². The van der Waals surface area contributed by atoms with Crippen LogP contribution >= 0.6 is 0 Å². The molecule has 1 amide bonds. The summed E-state index contributed by atoms with van der Waals surface area (Å²) in [6.07, 6.45) is 20.3. The second kappa shape index (κ2) is 19.3. The number of amides is 1. The Morgan fingerprint density at radius 2 is 1.04 bits per heavy atom. The van der Waals surface area contributed by atoms with Crippen LogP contribution < -0.4 is 5.32 Å². The normalized spacial score (nSPS) is 10.8. The van der Waals surface area contributed by atoms with Crippen LogP contribution in [0.5, 0.6) is 0 Å². The summed E-state index contributed by atoms with van der Waals surface area (Å²) in [5, 5.41) is 11.1. The molecule has 0 atom stereocenters. The van der Waals surface area contributed by atoms with Gasteiger partial charge in [-0.15, -0.1) is 0 Å². The molecule has 0 saturated carbocycles. The Morgan fingerprint density at radius 3 is 1.44 bits per heavy atom. The molecule has 0 saturated heterocycles. The summed E-state index contributed by atoms with van der Waals surface area (Å²) < 4.78 is 0. The zero-order valence-corrected chi connectivity index (χ0v) is 16.5. The highest BCUT2D eigenvalue weighted by molar-refractivity contribution is 5.76. The van der Waals surface area contributed by atoms with Gasteiger partial charge in [0, 0.05) is 13.0 Å². The van der Waals surface area contributed by atoms with Crippen molar-refractivity contribution in [2.75, 3.05) is 6.54 Å². The van der Waals surface area contributed by atoms with E-state index in [0.717, 1.165) is 12.8 Å². The van der Waals surface area contributed by atoms with Crippen molar-refractivity contribution in [2.24, 2.45) is 0 Å². The Kier molecular flexibility index (Phi) is 18.5. The van der Waals surface area contributed by atoms with Crippen molar-refractivity contribution in [2.45, 2.75) is 116 Å². The fourth-order valence-electron chi connectivity index (χ4n) is 3.05. The molecule has 4 nitrogen and oxygen atoms in total. The van der Waals surface area contributed by atoms with E-state index in [1.54, 1.807) is 0 Å².